The summed E-state index contributed by atoms with van der Waals surface area (Å²) in [5.74, 6) is 0.661. The standard InChI is InChI=1S/C8H13ClO/c1-6-4-2-3-5-7(6)8(9)10/h6-7H,2-5H2,1H3/t6-,7+/m1/s1. The average molecular weight is 161 g/mol. The summed E-state index contributed by atoms with van der Waals surface area (Å²) < 4.78 is 0. The molecular formula is C8H13ClO. The Balaban J connectivity index is 2.47. The van der Waals surface area contributed by atoms with E-state index in [2.05, 4.69) is 6.92 Å². The maximum Gasteiger partial charge on any atom is 0.224 e. The molecular weight excluding hydrogens is 148 g/mol. The van der Waals surface area contributed by atoms with E-state index in [1.165, 1.54) is 19.3 Å². The van der Waals surface area contributed by atoms with Gasteiger partial charge in [-0.1, -0.05) is 19.8 Å². The Kier molecular flexibility index (Phi) is 2.72. The van der Waals surface area contributed by atoms with Crippen molar-refractivity contribution in [1.82, 2.24) is 0 Å². The molecule has 1 nitrogen and oxygen atoms in total. The van der Waals surface area contributed by atoms with E-state index >= 15 is 0 Å². The molecule has 0 amide bonds. The highest BCUT2D eigenvalue weighted by atomic mass is 35.5. The molecule has 0 unspecified atom stereocenters. The highest BCUT2D eigenvalue weighted by molar-refractivity contribution is 6.64. The molecule has 1 rings (SSSR count). The Hall–Kier alpha value is -0.0400. The highest BCUT2D eigenvalue weighted by Gasteiger charge is 2.25. The van der Waals surface area contributed by atoms with Gasteiger partial charge in [0.05, 0.1) is 0 Å². The van der Waals surface area contributed by atoms with E-state index in [0.717, 1.165) is 6.42 Å². The Bertz CT molecular complexity index is 133. The molecule has 0 aromatic heterocycles. The molecule has 2 atom stereocenters. The van der Waals surface area contributed by atoms with Crippen LogP contribution in [0.15, 0.2) is 0 Å². The van der Waals surface area contributed by atoms with Crippen molar-refractivity contribution in [3.63, 3.8) is 0 Å². The van der Waals surface area contributed by atoms with Crippen molar-refractivity contribution >= 4 is 16.8 Å². The van der Waals surface area contributed by atoms with Gasteiger partial charge in [0.1, 0.15) is 0 Å². The second-order valence-corrected chi connectivity index (χ2v) is 3.54. The van der Waals surface area contributed by atoms with E-state index in [9.17, 15) is 4.79 Å². The maximum atomic E-state index is 10.8. The molecule has 10 heavy (non-hydrogen) atoms. The van der Waals surface area contributed by atoms with Gasteiger partial charge in [0.25, 0.3) is 0 Å². The van der Waals surface area contributed by atoms with Crippen LogP contribution in [0.2, 0.25) is 0 Å². The predicted octanol–water partition coefficient (Wildman–Crippen LogP) is 2.58. The third-order valence-corrected chi connectivity index (χ3v) is 2.68. The summed E-state index contributed by atoms with van der Waals surface area (Å²) in [4.78, 5) is 10.8. The SMILES string of the molecule is C[C@@H]1CCCC[C@@H]1C(=O)Cl. The average Bonchev–Trinajstić information content (AvgIpc) is 1.88. The van der Waals surface area contributed by atoms with Crippen molar-refractivity contribution in [2.24, 2.45) is 11.8 Å². The molecule has 0 heterocycles. The maximum absolute atomic E-state index is 10.8. The number of hydrogen-bond donors (Lipinski definition) is 0. The summed E-state index contributed by atoms with van der Waals surface area (Å²) in [6, 6.07) is 0. The smallest absolute Gasteiger partial charge is 0.224 e. The molecule has 1 aliphatic carbocycles. The molecule has 1 fully saturated rings. The molecule has 0 radical (unpaired) electrons. The van der Waals surface area contributed by atoms with E-state index < -0.39 is 0 Å². The molecule has 0 aliphatic heterocycles. The monoisotopic (exact) mass is 160 g/mol. The first kappa shape index (κ1) is 8.06. The lowest BCUT2D eigenvalue weighted by molar-refractivity contribution is -0.117. The number of carbonyl (C=O) groups excluding carboxylic acids is 1. The summed E-state index contributed by atoms with van der Waals surface area (Å²) in [6.07, 6.45) is 4.61. The van der Waals surface area contributed by atoms with Crippen LogP contribution in [0.25, 0.3) is 0 Å². The summed E-state index contributed by atoms with van der Waals surface area (Å²) in [7, 11) is 0. The van der Waals surface area contributed by atoms with Gasteiger partial charge >= 0.3 is 0 Å². The van der Waals surface area contributed by atoms with Crippen molar-refractivity contribution < 1.29 is 4.79 Å². The van der Waals surface area contributed by atoms with Crippen LogP contribution in [0.3, 0.4) is 0 Å². The van der Waals surface area contributed by atoms with E-state index in [-0.39, 0.29) is 11.2 Å². The summed E-state index contributed by atoms with van der Waals surface area (Å²) in [6.45, 7) is 2.12. The van der Waals surface area contributed by atoms with Crippen LogP contribution in [0.4, 0.5) is 0 Å². The van der Waals surface area contributed by atoms with Gasteiger partial charge in [-0.2, -0.15) is 0 Å². The second kappa shape index (κ2) is 3.38. The van der Waals surface area contributed by atoms with Crippen LogP contribution in [-0.4, -0.2) is 5.24 Å². The largest absolute Gasteiger partial charge is 0.281 e. The lowest BCUT2D eigenvalue weighted by atomic mass is 9.81. The van der Waals surface area contributed by atoms with Crippen LogP contribution in [-0.2, 0) is 4.79 Å². The van der Waals surface area contributed by atoms with Crippen LogP contribution >= 0.6 is 11.6 Å². The van der Waals surface area contributed by atoms with Crippen LogP contribution in [0.5, 0.6) is 0 Å². The Morgan fingerprint density at radius 2 is 2.00 bits per heavy atom. The van der Waals surface area contributed by atoms with Crippen molar-refractivity contribution in [3.05, 3.63) is 0 Å². The van der Waals surface area contributed by atoms with Gasteiger partial charge in [0.15, 0.2) is 0 Å². The molecule has 0 spiro atoms. The van der Waals surface area contributed by atoms with E-state index in [1.54, 1.807) is 0 Å². The molecule has 1 aliphatic rings. The minimum atomic E-state index is -0.132. The Labute approximate surface area is 66.8 Å². The number of halogens is 1. The van der Waals surface area contributed by atoms with E-state index in [0.29, 0.717) is 5.92 Å². The predicted molar refractivity (Wildman–Crippen MR) is 42.0 cm³/mol. The fourth-order valence-electron chi connectivity index (χ4n) is 1.65. The minimum Gasteiger partial charge on any atom is -0.281 e. The van der Waals surface area contributed by atoms with Gasteiger partial charge in [-0.15, -0.1) is 0 Å². The van der Waals surface area contributed by atoms with Crippen molar-refractivity contribution in [2.45, 2.75) is 32.6 Å². The molecule has 0 aromatic rings. The Morgan fingerprint density at radius 3 is 2.40 bits per heavy atom. The summed E-state index contributed by atoms with van der Waals surface area (Å²) in [5.41, 5.74) is 0. The molecule has 1 saturated carbocycles. The first-order chi connectivity index (χ1) is 4.72. The molecule has 0 N–H and O–H groups in total. The zero-order chi connectivity index (χ0) is 7.56. The van der Waals surface area contributed by atoms with Gasteiger partial charge in [0.2, 0.25) is 5.24 Å². The quantitative estimate of drug-likeness (QED) is 0.539. The molecule has 0 bridgehead atoms. The normalized spacial score (nSPS) is 33.8. The molecule has 0 aromatic carbocycles. The minimum absolute atomic E-state index is 0.132. The molecule has 58 valence electrons. The fraction of sp³-hybridized carbons (Fsp3) is 0.875. The third-order valence-electron chi connectivity index (χ3n) is 2.40. The van der Waals surface area contributed by atoms with Crippen molar-refractivity contribution in [3.8, 4) is 0 Å². The van der Waals surface area contributed by atoms with Gasteiger partial charge < -0.3 is 0 Å². The fourth-order valence-corrected chi connectivity index (χ4v) is 1.98. The van der Waals surface area contributed by atoms with Crippen LogP contribution < -0.4 is 0 Å². The number of carbonyl (C=O) groups is 1. The molecule has 0 saturated heterocycles. The number of hydrogen-bond acceptors (Lipinski definition) is 1. The summed E-state index contributed by atoms with van der Waals surface area (Å²) in [5, 5.41) is -0.132. The van der Waals surface area contributed by atoms with Crippen LogP contribution in [0, 0.1) is 11.8 Å². The van der Waals surface area contributed by atoms with Gasteiger partial charge in [-0.3, -0.25) is 4.79 Å². The second-order valence-electron chi connectivity index (χ2n) is 3.17. The Morgan fingerprint density at radius 1 is 1.40 bits per heavy atom. The summed E-state index contributed by atoms with van der Waals surface area (Å²) >= 11 is 5.41. The zero-order valence-corrected chi connectivity index (χ0v) is 7.03. The third kappa shape index (κ3) is 1.72. The van der Waals surface area contributed by atoms with Crippen molar-refractivity contribution in [2.75, 3.05) is 0 Å². The first-order valence-electron chi connectivity index (χ1n) is 3.91. The topological polar surface area (TPSA) is 17.1 Å². The lowest BCUT2D eigenvalue weighted by Gasteiger charge is -2.24. The highest BCUT2D eigenvalue weighted by Crippen LogP contribution is 2.30. The lowest BCUT2D eigenvalue weighted by Crippen LogP contribution is -2.21. The zero-order valence-electron chi connectivity index (χ0n) is 6.27. The number of rotatable bonds is 1. The van der Waals surface area contributed by atoms with Gasteiger partial charge in [-0.05, 0) is 30.4 Å². The first-order valence-corrected chi connectivity index (χ1v) is 4.29. The van der Waals surface area contributed by atoms with Gasteiger partial charge in [-0.25, -0.2) is 0 Å². The van der Waals surface area contributed by atoms with Crippen LogP contribution in [0.1, 0.15) is 32.6 Å². The van der Waals surface area contributed by atoms with E-state index in [1.807, 2.05) is 0 Å². The van der Waals surface area contributed by atoms with Crippen molar-refractivity contribution in [1.29, 1.82) is 0 Å². The molecule has 2 heteroatoms. The van der Waals surface area contributed by atoms with Gasteiger partial charge in [0, 0.05) is 5.92 Å². The van der Waals surface area contributed by atoms with E-state index in [4.69, 9.17) is 11.6 Å².